The van der Waals surface area contributed by atoms with Crippen LogP contribution < -0.4 is 5.32 Å². The molecule has 0 radical (unpaired) electrons. The molecule has 1 atom stereocenters. The first-order valence-electron chi connectivity index (χ1n) is 7.55. The van der Waals surface area contributed by atoms with Crippen LogP contribution in [-0.4, -0.2) is 29.9 Å². The van der Waals surface area contributed by atoms with Crippen molar-refractivity contribution in [1.82, 2.24) is 15.5 Å². The quantitative estimate of drug-likeness (QED) is 0.849. The highest BCUT2D eigenvalue weighted by atomic mass is 16.5. The van der Waals surface area contributed by atoms with E-state index < -0.39 is 0 Å². The molecule has 1 saturated heterocycles. The molecule has 5 heteroatoms. The Labute approximate surface area is 114 Å². The summed E-state index contributed by atoms with van der Waals surface area (Å²) in [5.41, 5.74) is 0. The second-order valence-corrected chi connectivity index (χ2v) is 5.69. The van der Waals surface area contributed by atoms with E-state index in [1.54, 1.807) is 0 Å². The molecular weight excluding hydrogens is 242 g/mol. The summed E-state index contributed by atoms with van der Waals surface area (Å²) in [7, 11) is 0. The van der Waals surface area contributed by atoms with Gasteiger partial charge in [0.25, 0.3) is 0 Å². The maximum Gasteiger partial charge on any atom is 0.226 e. The van der Waals surface area contributed by atoms with E-state index in [0.29, 0.717) is 6.61 Å². The Kier molecular flexibility index (Phi) is 4.45. The Hall–Kier alpha value is -0.940. The summed E-state index contributed by atoms with van der Waals surface area (Å²) in [6.45, 7) is 2.27. The van der Waals surface area contributed by atoms with Crippen LogP contribution in [0.1, 0.15) is 56.3 Å². The van der Waals surface area contributed by atoms with Crippen molar-refractivity contribution >= 4 is 0 Å². The molecule has 1 aromatic rings. The fourth-order valence-corrected chi connectivity index (χ4v) is 3.04. The summed E-state index contributed by atoms with van der Waals surface area (Å²) < 4.78 is 10.8. The highest BCUT2D eigenvalue weighted by molar-refractivity contribution is 4.96. The molecule has 0 bridgehead atoms. The third-order valence-corrected chi connectivity index (χ3v) is 4.16. The van der Waals surface area contributed by atoms with Crippen LogP contribution in [0.5, 0.6) is 0 Å². The van der Waals surface area contributed by atoms with Gasteiger partial charge in [-0.15, -0.1) is 0 Å². The third kappa shape index (κ3) is 3.54. The number of ether oxygens (including phenoxy) is 1. The fraction of sp³-hybridized carbons (Fsp3) is 0.857. The van der Waals surface area contributed by atoms with Crippen molar-refractivity contribution in [2.45, 2.75) is 51.0 Å². The second kappa shape index (κ2) is 6.48. The molecule has 3 rings (SSSR count). The topological polar surface area (TPSA) is 60.2 Å². The molecule has 5 nitrogen and oxygen atoms in total. The lowest BCUT2D eigenvalue weighted by Gasteiger charge is -2.20. The SMILES string of the molecule is C1CCCC(Cc2nc([C@@H]3COCCN3)no2)CC1. The molecule has 1 N–H and O–H groups in total. The Morgan fingerprint density at radius 1 is 1.16 bits per heavy atom. The van der Waals surface area contributed by atoms with E-state index in [9.17, 15) is 0 Å². The Balaban J connectivity index is 1.57. The minimum atomic E-state index is 0.0976. The van der Waals surface area contributed by atoms with Crippen molar-refractivity contribution in [3.8, 4) is 0 Å². The van der Waals surface area contributed by atoms with Crippen molar-refractivity contribution < 1.29 is 9.26 Å². The van der Waals surface area contributed by atoms with Gasteiger partial charge in [0.2, 0.25) is 5.89 Å². The van der Waals surface area contributed by atoms with Crippen LogP contribution >= 0.6 is 0 Å². The average molecular weight is 265 g/mol. The number of morpholine rings is 1. The van der Waals surface area contributed by atoms with Gasteiger partial charge in [-0.1, -0.05) is 30.8 Å². The summed E-state index contributed by atoms with van der Waals surface area (Å²) in [5.74, 6) is 2.28. The molecule has 19 heavy (non-hydrogen) atoms. The Morgan fingerprint density at radius 2 is 2.00 bits per heavy atom. The first kappa shape index (κ1) is 13.1. The highest BCUT2D eigenvalue weighted by Crippen LogP contribution is 2.26. The Bertz CT molecular complexity index is 380. The summed E-state index contributed by atoms with van der Waals surface area (Å²) in [4.78, 5) is 4.54. The van der Waals surface area contributed by atoms with Gasteiger partial charge in [0.15, 0.2) is 5.82 Å². The van der Waals surface area contributed by atoms with Crippen LogP contribution in [0.25, 0.3) is 0 Å². The maximum absolute atomic E-state index is 5.43. The summed E-state index contributed by atoms with van der Waals surface area (Å²) in [5, 5.41) is 7.45. The fourth-order valence-electron chi connectivity index (χ4n) is 3.04. The van der Waals surface area contributed by atoms with Gasteiger partial charge in [0.1, 0.15) is 0 Å². The zero-order chi connectivity index (χ0) is 12.9. The van der Waals surface area contributed by atoms with E-state index in [-0.39, 0.29) is 6.04 Å². The normalized spacial score (nSPS) is 26.2. The van der Waals surface area contributed by atoms with Crippen LogP contribution in [0, 0.1) is 5.92 Å². The molecule has 2 heterocycles. The predicted octanol–water partition coefficient (Wildman–Crippen LogP) is 2.24. The zero-order valence-electron chi connectivity index (χ0n) is 11.4. The first-order chi connectivity index (χ1) is 9.42. The van der Waals surface area contributed by atoms with Gasteiger partial charge in [0.05, 0.1) is 19.3 Å². The summed E-state index contributed by atoms with van der Waals surface area (Å²) in [6.07, 6.45) is 9.03. The van der Waals surface area contributed by atoms with E-state index in [4.69, 9.17) is 9.26 Å². The molecule has 2 fully saturated rings. The molecule has 0 amide bonds. The van der Waals surface area contributed by atoms with E-state index in [1.165, 1.54) is 38.5 Å². The molecule has 106 valence electrons. The van der Waals surface area contributed by atoms with Crippen LogP contribution in [-0.2, 0) is 11.2 Å². The van der Waals surface area contributed by atoms with Crippen LogP contribution in [0.3, 0.4) is 0 Å². The minimum absolute atomic E-state index is 0.0976. The molecule has 0 unspecified atom stereocenters. The van der Waals surface area contributed by atoms with Crippen molar-refractivity contribution in [3.05, 3.63) is 11.7 Å². The van der Waals surface area contributed by atoms with Crippen molar-refractivity contribution in [3.63, 3.8) is 0 Å². The Morgan fingerprint density at radius 3 is 2.74 bits per heavy atom. The lowest BCUT2D eigenvalue weighted by molar-refractivity contribution is 0.0734. The number of rotatable bonds is 3. The maximum atomic E-state index is 5.43. The highest BCUT2D eigenvalue weighted by Gasteiger charge is 2.22. The number of hydrogen-bond acceptors (Lipinski definition) is 5. The molecular formula is C14H23N3O2. The predicted molar refractivity (Wildman–Crippen MR) is 70.8 cm³/mol. The molecule has 1 aromatic heterocycles. The summed E-state index contributed by atoms with van der Waals surface area (Å²) >= 11 is 0. The van der Waals surface area contributed by atoms with E-state index in [2.05, 4.69) is 15.5 Å². The molecule has 0 aromatic carbocycles. The largest absolute Gasteiger partial charge is 0.378 e. The first-order valence-corrected chi connectivity index (χ1v) is 7.55. The average Bonchev–Trinajstić information content (AvgIpc) is 2.76. The van der Waals surface area contributed by atoms with E-state index >= 15 is 0 Å². The summed E-state index contributed by atoms with van der Waals surface area (Å²) in [6, 6.07) is 0.0976. The lowest BCUT2D eigenvalue weighted by Crippen LogP contribution is -2.35. The van der Waals surface area contributed by atoms with Gasteiger partial charge >= 0.3 is 0 Å². The van der Waals surface area contributed by atoms with Crippen LogP contribution in [0.15, 0.2) is 4.52 Å². The van der Waals surface area contributed by atoms with E-state index in [0.717, 1.165) is 37.2 Å². The van der Waals surface area contributed by atoms with E-state index in [1.807, 2.05) is 0 Å². The van der Waals surface area contributed by atoms with Gasteiger partial charge in [-0.25, -0.2) is 0 Å². The van der Waals surface area contributed by atoms with Crippen molar-refractivity contribution in [2.24, 2.45) is 5.92 Å². The number of nitrogens with one attached hydrogen (secondary N) is 1. The van der Waals surface area contributed by atoms with Gasteiger partial charge in [0, 0.05) is 13.0 Å². The number of aromatic nitrogens is 2. The van der Waals surface area contributed by atoms with Gasteiger partial charge in [-0.05, 0) is 18.8 Å². The smallest absolute Gasteiger partial charge is 0.226 e. The second-order valence-electron chi connectivity index (χ2n) is 5.69. The van der Waals surface area contributed by atoms with Crippen LogP contribution in [0.2, 0.25) is 0 Å². The zero-order valence-corrected chi connectivity index (χ0v) is 11.4. The third-order valence-electron chi connectivity index (χ3n) is 4.16. The molecule has 2 aliphatic rings. The van der Waals surface area contributed by atoms with Crippen LogP contribution in [0.4, 0.5) is 0 Å². The lowest BCUT2D eigenvalue weighted by atomic mass is 9.97. The van der Waals surface area contributed by atoms with Gasteiger partial charge < -0.3 is 14.6 Å². The minimum Gasteiger partial charge on any atom is -0.378 e. The number of hydrogen-bond donors (Lipinski definition) is 1. The van der Waals surface area contributed by atoms with Gasteiger partial charge in [-0.2, -0.15) is 4.98 Å². The molecule has 1 aliphatic heterocycles. The standard InChI is InChI=1S/C14H23N3O2/c1-2-4-6-11(5-3-1)9-13-16-14(17-19-13)12-10-18-8-7-15-12/h11-12,15H,1-10H2/t12-/m0/s1. The molecule has 0 spiro atoms. The molecule has 1 saturated carbocycles. The monoisotopic (exact) mass is 265 g/mol. The van der Waals surface area contributed by atoms with Crippen molar-refractivity contribution in [2.75, 3.05) is 19.8 Å². The molecule has 1 aliphatic carbocycles. The number of nitrogens with zero attached hydrogens (tertiary/aromatic N) is 2. The van der Waals surface area contributed by atoms with Gasteiger partial charge in [-0.3, -0.25) is 0 Å². The van der Waals surface area contributed by atoms with Crippen molar-refractivity contribution in [1.29, 1.82) is 0 Å².